The number of pyridine rings is 1. The highest BCUT2D eigenvalue weighted by atomic mass is 32.2. The van der Waals surface area contributed by atoms with Crippen molar-refractivity contribution in [2.24, 2.45) is 0 Å². The molecule has 8 nitrogen and oxygen atoms in total. The number of nitro groups is 1. The van der Waals surface area contributed by atoms with Gasteiger partial charge < -0.3 is 5.32 Å². The number of benzene rings is 1. The molecule has 3 N–H and O–H groups in total. The smallest absolute Gasteiger partial charge is 0.269 e. The van der Waals surface area contributed by atoms with Gasteiger partial charge in [0.2, 0.25) is 0 Å². The highest BCUT2D eigenvalue weighted by Crippen LogP contribution is 2.40. The van der Waals surface area contributed by atoms with Gasteiger partial charge in [0.25, 0.3) is 5.69 Å². The summed E-state index contributed by atoms with van der Waals surface area (Å²) in [6.07, 6.45) is 1.76. The maximum atomic E-state index is 10.8. The van der Waals surface area contributed by atoms with E-state index in [1.165, 1.54) is 12.1 Å². The van der Waals surface area contributed by atoms with Gasteiger partial charge in [0, 0.05) is 29.9 Å². The second-order valence-electron chi connectivity index (χ2n) is 6.26. The molecular formula is C18H18N6O2S. The quantitative estimate of drug-likeness (QED) is 0.457. The van der Waals surface area contributed by atoms with Crippen LogP contribution in [0.5, 0.6) is 0 Å². The van der Waals surface area contributed by atoms with Crippen LogP contribution in [0.15, 0.2) is 54.7 Å². The zero-order chi connectivity index (χ0) is 18.8. The summed E-state index contributed by atoms with van der Waals surface area (Å²) in [5.74, 6) is 0.825. The van der Waals surface area contributed by atoms with Gasteiger partial charge in [0.05, 0.1) is 21.6 Å². The Morgan fingerprint density at radius 2 is 2.04 bits per heavy atom. The fraction of sp³-hybridized carbons (Fsp3) is 0.222. The van der Waals surface area contributed by atoms with Crippen LogP contribution in [0.3, 0.4) is 0 Å². The zero-order valence-electron chi connectivity index (χ0n) is 14.5. The van der Waals surface area contributed by atoms with Crippen molar-refractivity contribution in [3.05, 3.63) is 70.5 Å². The predicted molar refractivity (Wildman–Crippen MR) is 105 cm³/mol. The van der Waals surface area contributed by atoms with Crippen LogP contribution in [0, 0.1) is 10.1 Å². The number of H-pyrrole nitrogens is 1. The Balaban J connectivity index is 1.47. The molecule has 1 aromatic carbocycles. The number of non-ortho nitro benzene ring substituents is 1. The molecule has 0 saturated carbocycles. The van der Waals surface area contributed by atoms with Crippen LogP contribution in [-0.4, -0.2) is 31.6 Å². The Kier molecular flexibility index (Phi) is 4.78. The molecule has 3 unspecified atom stereocenters. The highest BCUT2D eigenvalue weighted by Gasteiger charge is 2.34. The van der Waals surface area contributed by atoms with Crippen molar-refractivity contribution in [2.75, 3.05) is 5.32 Å². The molecule has 0 amide bonds. The third-order valence-electron chi connectivity index (χ3n) is 4.37. The van der Waals surface area contributed by atoms with Gasteiger partial charge >= 0.3 is 0 Å². The van der Waals surface area contributed by atoms with Crippen LogP contribution in [0.4, 0.5) is 11.5 Å². The number of thioether (sulfide) groups is 1. The van der Waals surface area contributed by atoms with Gasteiger partial charge in [0.15, 0.2) is 0 Å². The lowest BCUT2D eigenvalue weighted by Gasteiger charge is -2.12. The van der Waals surface area contributed by atoms with Gasteiger partial charge in [-0.05, 0) is 37.3 Å². The maximum absolute atomic E-state index is 10.8. The summed E-state index contributed by atoms with van der Waals surface area (Å²) >= 11 is 1.76. The van der Waals surface area contributed by atoms with E-state index in [4.69, 9.17) is 0 Å². The lowest BCUT2D eigenvalue weighted by atomic mass is 10.1. The Morgan fingerprint density at radius 1 is 1.22 bits per heavy atom. The third kappa shape index (κ3) is 3.79. The summed E-state index contributed by atoms with van der Waals surface area (Å²) in [5, 5.41) is 25.4. The van der Waals surface area contributed by atoms with Crippen molar-refractivity contribution in [2.45, 2.75) is 23.7 Å². The summed E-state index contributed by atoms with van der Waals surface area (Å²) < 4.78 is 0. The molecule has 3 aromatic rings. The van der Waals surface area contributed by atoms with E-state index in [9.17, 15) is 10.1 Å². The molecule has 2 aromatic heterocycles. The standard InChI is InChI=1S/C18H18N6O2S/c1-11-17(27-18(20-11)21-16-4-2-3-9-19-16)15-10-14(22-23-15)12-5-7-13(8-6-12)24(25)26/h2-11,17-18,20H,1H3,(H,19,21)(H,22,23). The van der Waals surface area contributed by atoms with Crippen molar-refractivity contribution in [3.8, 4) is 11.3 Å². The summed E-state index contributed by atoms with van der Waals surface area (Å²) in [5.41, 5.74) is 2.75. The lowest BCUT2D eigenvalue weighted by molar-refractivity contribution is -0.384. The van der Waals surface area contributed by atoms with E-state index in [2.05, 4.69) is 32.7 Å². The van der Waals surface area contributed by atoms with Crippen LogP contribution < -0.4 is 10.6 Å². The molecule has 3 atom stereocenters. The van der Waals surface area contributed by atoms with Crippen LogP contribution in [0.25, 0.3) is 11.3 Å². The summed E-state index contributed by atoms with van der Waals surface area (Å²) in [7, 11) is 0. The molecule has 3 heterocycles. The molecule has 138 valence electrons. The number of nitrogens with one attached hydrogen (secondary N) is 3. The lowest BCUT2D eigenvalue weighted by Crippen LogP contribution is -2.33. The number of aromatic nitrogens is 3. The normalized spacial score (nSPS) is 21.9. The Morgan fingerprint density at radius 3 is 2.74 bits per heavy atom. The molecule has 0 radical (unpaired) electrons. The summed E-state index contributed by atoms with van der Waals surface area (Å²) in [6.45, 7) is 2.13. The predicted octanol–water partition coefficient (Wildman–Crippen LogP) is 3.54. The molecule has 1 fully saturated rings. The Bertz CT molecular complexity index is 931. The van der Waals surface area contributed by atoms with E-state index < -0.39 is 4.92 Å². The first kappa shape index (κ1) is 17.5. The molecular weight excluding hydrogens is 364 g/mol. The SMILES string of the molecule is CC1NC(Nc2ccccn2)SC1c1cc(-c2ccc([N+](=O)[O-])cc2)n[nH]1. The molecule has 1 aliphatic rings. The molecule has 9 heteroatoms. The minimum Gasteiger partial charge on any atom is -0.346 e. The number of anilines is 1. The largest absolute Gasteiger partial charge is 0.346 e. The first-order chi connectivity index (χ1) is 13.1. The van der Waals surface area contributed by atoms with Crippen molar-refractivity contribution in [3.63, 3.8) is 0 Å². The minimum absolute atomic E-state index is 0.0472. The molecule has 0 bridgehead atoms. The zero-order valence-corrected chi connectivity index (χ0v) is 15.3. The van der Waals surface area contributed by atoms with Gasteiger partial charge in [-0.3, -0.25) is 20.5 Å². The molecule has 0 aliphatic carbocycles. The molecule has 27 heavy (non-hydrogen) atoms. The van der Waals surface area contributed by atoms with E-state index in [1.54, 1.807) is 30.1 Å². The second kappa shape index (κ2) is 7.37. The van der Waals surface area contributed by atoms with Gasteiger partial charge in [-0.15, -0.1) is 11.8 Å². The number of hydrogen-bond donors (Lipinski definition) is 3. The fourth-order valence-electron chi connectivity index (χ4n) is 3.01. The van der Waals surface area contributed by atoms with Crippen LogP contribution >= 0.6 is 11.8 Å². The van der Waals surface area contributed by atoms with Crippen LogP contribution in [0.1, 0.15) is 17.9 Å². The summed E-state index contributed by atoms with van der Waals surface area (Å²) in [6, 6.07) is 14.4. The first-order valence-electron chi connectivity index (χ1n) is 8.49. The number of nitrogens with zero attached hydrogens (tertiary/aromatic N) is 3. The molecule has 0 spiro atoms. The van der Waals surface area contributed by atoms with Gasteiger partial charge in [-0.25, -0.2) is 4.98 Å². The van der Waals surface area contributed by atoms with Gasteiger partial charge in [-0.2, -0.15) is 5.10 Å². The van der Waals surface area contributed by atoms with E-state index in [-0.39, 0.29) is 22.5 Å². The first-order valence-corrected chi connectivity index (χ1v) is 9.43. The van der Waals surface area contributed by atoms with Crippen molar-refractivity contribution in [1.29, 1.82) is 0 Å². The van der Waals surface area contributed by atoms with E-state index in [1.807, 2.05) is 24.3 Å². The van der Waals surface area contributed by atoms with Crippen molar-refractivity contribution < 1.29 is 4.92 Å². The van der Waals surface area contributed by atoms with E-state index in [0.717, 1.165) is 22.8 Å². The van der Waals surface area contributed by atoms with Gasteiger partial charge in [-0.1, -0.05) is 6.07 Å². The highest BCUT2D eigenvalue weighted by molar-refractivity contribution is 8.00. The van der Waals surface area contributed by atoms with Gasteiger partial charge in [0.1, 0.15) is 11.3 Å². The number of hydrogen-bond acceptors (Lipinski definition) is 7. The second-order valence-corrected chi connectivity index (χ2v) is 7.52. The topological polar surface area (TPSA) is 109 Å². The fourth-order valence-corrected chi connectivity index (χ4v) is 4.37. The van der Waals surface area contributed by atoms with Crippen molar-refractivity contribution in [1.82, 2.24) is 20.5 Å². The Hall–Kier alpha value is -2.91. The molecule has 1 saturated heterocycles. The average molecular weight is 382 g/mol. The maximum Gasteiger partial charge on any atom is 0.269 e. The summed E-state index contributed by atoms with van der Waals surface area (Å²) in [4.78, 5) is 14.7. The van der Waals surface area contributed by atoms with E-state index >= 15 is 0 Å². The van der Waals surface area contributed by atoms with Crippen molar-refractivity contribution >= 4 is 23.3 Å². The average Bonchev–Trinajstić information content (AvgIpc) is 3.29. The molecule has 1 aliphatic heterocycles. The molecule has 4 rings (SSSR count). The number of aromatic amines is 1. The Labute approximate surface area is 159 Å². The minimum atomic E-state index is -0.406. The monoisotopic (exact) mass is 382 g/mol. The number of rotatable bonds is 5. The van der Waals surface area contributed by atoms with E-state index in [0.29, 0.717) is 0 Å². The van der Waals surface area contributed by atoms with Crippen LogP contribution in [0.2, 0.25) is 0 Å². The third-order valence-corrected chi connectivity index (χ3v) is 5.85. The number of nitro benzene ring substituents is 1. The van der Waals surface area contributed by atoms with Crippen LogP contribution in [-0.2, 0) is 0 Å².